The zero-order valence-corrected chi connectivity index (χ0v) is 9.39. The number of fused-ring (bicyclic) bond motifs is 1. The fraction of sp³-hybridized carbons (Fsp3) is 0.364. The van der Waals surface area contributed by atoms with Crippen LogP contribution in [-0.4, -0.2) is 4.57 Å². The van der Waals surface area contributed by atoms with Gasteiger partial charge in [-0.1, -0.05) is 12.1 Å². The summed E-state index contributed by atoms with van der Waals surface area (Å²) in [7, 11) is 0. The first-order valence-electron chi connectivity index (χ1n) is 4.61. The molecular weight excluding hydrogens is 194 g/mol. The molecule has 0 aliphatic carbocycles. The Bertz CT molecular complexity index is 516. The third kappa shape index (κ3) is 1.38. The summed E-state index contributed by atoms with van der Waals surface area (Å²) in [6.45, 7) is 6.35. The molecule has 2 aromatic rings. The lowest BCUT2D eigenvalue weighted by atomic mass is 10.1. The van der Waals surface area contributed by atoms with Crippen molar-refractivity contribution in [3.8, 4) is 0 Å². The van der Waals surface area contributed by atoms with Gasteiger partial charge in [0.2, 0.25) is 0 Å². The largest absolute Gasteiger partial charge is 0.429 e. The summed E-state index contributed by atoms with van der Waals surface area (Å²) < 4.78 is 7.54. The number of rotatable bonds is 0. The van der Waals surface area contributed by atoms with E-state index in [1.165, 1.54) is 0 Å². The summed E-state index contributed by atoms with van der Waals surface area (Å²) in [6.07, 6.45) is 0. The van der Waals surface area contributed by atoms with Gasteiger partial charge in [-0.15, -0.1) is 0 Å². The maximum absolute atomic E-state index is 5.50. The van der Waals surface area contributed by atoms with Crippen LogP contribution in [0.4, 0.5) is 0 Å². The van der Waals surface area contributed by atoms with Gasteiger partial charge < -0.3 is 4.42 Å². The third-order valence-electron chi connectivity index (χ3n) is 2.16. The highest BCUT2D eigenvalue weighted by Gasteiger charge is 2.18. The Morgan fingerprint density at radius 1 is 1.21 bits per heavy atom. The monoisotopic (exact) mass is 207 g/mol. The molecule has 3 heteroatoms. The lowest BCUT2D eigenvalue weighted by molar-refractivity contribution is 0.376. The van der Waals surface area contributed by atoms with Gasteiger partial charge in [-0.3, -0.25) is 4.57 Å². The van der Waals surface area contributed by atoms with Crippen molar-refractivity contribution < 1.29 is 4.42 Å². The molecule has 0 atom stereocenters. The van der Waals surface area contributed by atoms with E-state index in [0.29, 0.717) is 4.84 Å². The lowest BCUT2D eigenvalue weighted by Gasteiger charge is -2.20. The van der Waals surface area contributed by atoms with Crippen LogP contribution in [0.1, 0.15) is 20.8 Å². The van der Waals surface area contributed by atoms with Gasteiger partial charge in [-0.25, -0.2) is 0 Å². The Hall–Kier alpha value is -1.09. The van der Waals surface area contributed by atoms with Gasteiger partial charge in [0, 0.05) is 5.54 Å². The van der Waals surface area contributed by atoms with E-state index in [1.54, 1.807) is 0 Å². The topological polar surface area (TPSA) is 18.1 Å². The van der Waals surface area contributed by atoms with Crippen LogP contribution in [0.2, 0.25) is 0 Å². The van der Waals surface area contributed by atoms with Gasteiger partial charge in [-0.05, 0) is 45.1 Å². The SMILES string of the molecule is CC(C)(C)n1c(=S)oc2ccccc21. The van der Waals surface area contributed by atoms with Crippen molar-refractivity contribution in [2.75, 3.05) is 0 Å². The maximum Gasteiger partial charge on any atom is 0.270 e. The van der Waals surface area contributed by atoms with E-state index in [0.717, 1.165) is 11.1 Å². The quantitative estimate of drug-likeness (QED) is 0.613. The summed E-state index contributed by atoms with van der Waals surface area (Å²) in [6, 6.07) is 7.91. The van der Waals surface area contributed by atoms with Crippen molar-refractivity contribution in [2.24, 2.45) is 0 Å². The summed E-state index contributed by atoms with van der Waals surface area (Å²) in [5, 5.41) is 0. The number of hydrogen-bond acceptors (Lipinski definition) is 2. The smallest absolute Gasteiger partial charge is 0.270 e. The molecule has 0 N–H and O–H groups in total. The average Bonchev–Trinajstić information content (AvgIpc) is 2.38. The van der Waals surface area contributed by atoms with Crippen LogP contribution in [0.15, 0.2) is 28.7 Å². The number of aromatic nitrogens is 1. The van der Waals surface area contributed by atoms with Crippen molar-refractivity contribution in [3.63, 3.8) is 0 Å². The molecule has 0 unspecified atom stereocenters. The summed E-state index contributed by atoms with van der Waals surface area (Å²) in [4.78, 5) is 0.540. The molecule has 0 saturated heterocycles. The fourth-order valence-electron chi connectivity index (χ4n) is 1.60. The molecule has 74 valence electrons. The number of hydrogen-bond donors (Lipinski definition) is 0. The Morgan fingerprint density at radius 3 is 2.50 bits per heavy atom. The van der Waals surface area contributed by atoms with E-state index in [-0.39, 0.29) is 5.54 Å². The zero-order chi connectivity index (χ0) is 10.3. The Labute approximate surface area is 88.2 Å². The van der Waals surface area contributed by atoms with E-state index in [4.69, 9.17) is 16.6 Å². The number of benzene rings is 1. The van der Waals surface area contributed by atoms with Crippen molar-refractivity contribution in [1.82, 2.24) is 4.57 Å². The zero-order valence-electron chi connectivity index (χ0n) is 8.57. The average molecular weight is 207 g/mol. The van der Waals surface area contributed by atoms with Crippen LogP contribution >= 0.6 is 12.2 Å². The standard InChI is InChI=1S/C11H13NOS/c1-11(2,3)12-8-6-4-5-7-9(8)13-10(12)14/h4-7H,1-3H3. The molecule has 0 amide bonds. The van der Waals surface area contributed by atoms with Gasteiger partial charge in [0.25, 0.3) is 4.84 Å². The van der Waals surface area contributed by atoms with Crippen molar-refractivity contribution in [3.05, 3.63) is 29.1 Å². The van der Waals surface area contributed by atoms with Crippen LogP contribution in [0, 0.1) is 4.84 Å². The second-order valence-corrected chi connectivity index (χ2v) is 4.69. The lowest BCUT2D eigenvalue weighted by Crippen LogP contribution is -2.21. The molecule has 0 aliphatic rings. The minimum absolute atomic E-state index is 0.0380. The molecule has 1 aromatic carbocycles. The Morgan fingerprint density at radius 2 is 1.86 bits per heavy atom. The highest BCUT2D eigenvalue weighted by atomic mass is 32.1. The summed E-state index contributed by atoms with van der Waals surface area (Å²) in [5.74, 6) is 0. The molecule has 0 fully saturated rings. The number of para-hydroxylation sites is 2. The molecule has 0 saturated carbocycles. The van der Waals surface area contributed by atoms with Crippen LogP contribution < -0.4 is 0 Å². The summed E-state index contributed by atoms with van der Waals surface area (Å²) >= 11 is 5.20. The number of nitrogens with zero attached hydrogens (tertiary/aromatic N) is 1. The van der Waals surface area contributed by atoms with Crippen LogP contribution in [-0.2, 0) is 5.54 Å². The highest BCUT2D eigenvalue weighted by molar-refractivity contribution is 7.71. The molecule has 1 heterocycles. The first kappa shape index (κ1) is 9.46. The molecule has 0 bridgehead atoms. The Kier molecular flexibility index (Phi) is 2.00. The van der Waals surface area contributed by atoms with Crippen LogP contribution in [0.5, 0.6) is 0 Å². The third-order valence-corrected chi connectivity index (χ3v) is 2.42. The molecule has 2 nitrogen and oxygen atoms in total. The minimum atomic E-state index is -0.0380. The van der Waals surface area contributed by atoms with E-state index >= 15 is 0 Å². The predicted molar refractivity (Wildman–Crippen MR) is 60.0 cm³/mol. The predicted octanol–water partition coefficient (Wildman–Crippen LogP) is 3.72. The summed E-state index contributed by atoms with van der Waals surface area (Å²) in [5.41, 5.74) is 1.88. The molecule has 14 heavy (non-hydrogen) atoms. The normalized spacial score (nSPS) is 12.2. The van der Waals surface area contributed by atoms with Crippen LogP contribution in [0.25, 0.3) is 11.1 Å². The fourth-order valence-corrected chi connectivity index (χ4v) is 2.06. The van der Waals surface area contributed by atoms with Gasteiger partial charge in [0.05, 0.1) is 5.52 Å². The molecule has 0 spiro atoms. The molecule has 2 rings (SSSR count). The molecule has 0 aliphatic heterocycles. The first-order chi connectivity index (χ1) is 6.50. The van der Waals surface area contributed by atoms with Gasteiger partial charge >= 0.3 is 0 Å². The van der Waals surface area contributed by atoms with Gasteiger partial charge in [0.1, 0.15) is 0 Å². The number of oxazole rings is 1. The highest BCUT2D eigenvalue weighted by Crippen LogP contribution is 2.24. The van der Waals surface area contributed by atoms with E-state index < -0.39 is 0 Å². The van der Waals surface area contributed by atoms with E-state index in [2.05, 4.69) is 20.8 Å². The molecule has 1 aromatic heterocycles. The first-order valence-corrected chi connectivity index (χ1v) is 5.02. The van der Waals surface area contributed by atoms with Crippen molar-refractivity contribution in [1.29, 1.82) is 0 Å². The molecule has 0 radical (unpaired) electrons. The van der Waals surface area contributed by atoms with Crippen molar-refractivity contribution >= 4 is 23.3 Å². The second-order valence-electron chi connectivity index (χ2n) is 4.34. The maximum atomic E-state index is 5.50. The molecular formula is C11H13NOS. The van der Waals surface area contributed by atoms with Crippen molar-refractivity contribution in [2.45, 2.75) is 26.3 Å². The second kappa shape index (κ2) is 2.95. The Balaban J connectivity index is 2.88. The van der Waals surface area contributed by atoms with Gasteiger partial charge in [-0.2, -0.15) is 0 Å². The van der Waals surface area contributed by atoms with Crippen LogP contribution in [0.3, 0.4) is 0 Å². The minimum Gasteiger partial charge on any atom is -0.429 e. The van der Waals surface area contributed by atoms with E-state index in [1.807, 2.05) is 28.8 Å². The van der Waals surface area contributed by atoms with E-state index in [9.17, 15) is 0 Å². The van der Waals surface area contributed by atoms with Gasteiger partial charge in [0.15, 0.2) is 5.58 Å².